The monoisotopic (exact) mass is 282 g/mol. The Morgan fingerprint density at radius 1 is 1.40 bits per heavy atom. The molecule has 2 amide bonds. The topological polar surface area (TPSA) is 96.9 Å². The van der Waals surface area contributed by atoms with Gasteiger partial charge < -0.3 is 15.2 Å². The molecular weight excluding hydrogens is 264 g/mol. The van der Waals surface area contributed by atoms with Gasteiger partial charge in [-0.15, -0.1) is 0 Å². The molecule has 7 heteroatoms. The molecule has 0 aliphatic carbocycles. The first kappa shape index (κ1) is 15.8. The van der Waals surface area contributed by atoms with E-state index in [0.29, 0.717) is 11.4 Å². The molecule has 0 spiro atoms. The number of hydroxylamine groups is 1. The van der Waals surface area contributed by atoms with Gasteiger partial charge in [-0.25, -0.2) is 15.1 Å². The summed E-state index contributed by atoms with van der Waals surface area (Å²) in [5.74, 6) is -0.530. The third kappa shape index (κ3) is 6.05. The average molecular weight is 282 g/mol. The van der Waals surface area contributed by atoms with Gasteiger partial charge in [-0.2, -0.15) is 0 Å². The van der Waals surface area contributed by atoms with E-state index in [4.69, 9.17) is 9.84 Å². The predicted octanol–water partition coefficient (Wildman–Crippen LogP) is 2.00. The molecule has 3 N–H and O–H groups in total. The number of anilines is 1. The highest BCUT2D eigenvalue weighted by Gasteiger charge is 2.05. The summed E-state index contributed by atoms with van der Waals surface area (Å²) in [6.07, 6.45) is 0.958. The van der Waals surface area contributed by atoms with E-state index < -0.39 is 18.6 Å². The molecule has 0 saturated heterocycles. The molecule has 1 aromatic carbocycles. The number of hydrogen-bond acceptors (Lipinski definition) is 4. The summed E-state index contributed by atoms with van der Waals surface area (Å²) >= 11 is 0. The highest BCUT2D eigenvalue weighted by Crippen LogP contribution is 2.19. The van der Waals surface area contributed by atoms with E-state index in [1.165, 1.54) is 0 Å². The molecule has 0 aliphatic rings. The molecule has 7 nitrogen and oxygen atoms in total. The Kier molecular flexibility index (Phi) is 6.31. The van der Waals surface area contributed by atoms with Crippen molar-refractivity contribution in [2.45, 2.75) is 26.4 Å². The standard InChI is InChI=1S/C13H18N2O5/c1-3-9(2)20-11-6-4-5-10(7-11)14-13(18)15-19-8-12(16)17/h4-7,9H,3,8H2,1-2H3,(H,16,17)(H2,14,15,18). The van der Waals surface area contributed by atoms with Crippen molar-refractivity contribution in [1.29, 1.82) is 0 Å². The summed E-state index contributed by atoms with van der Waals surface area (Å²) in [7, 11) is 0. The van der Waals surface area contributed by atoms with E-state index in [1.54, 1.807) is 24.3 Å². The second-order valence-corrected chi connectivity index (χ2v) is 4.10. The lowest BCUT2D eigenvalue weighted by atomic mass is 10.3. The van der Waals surface area contributed by atoms with Crippen molar-refractivity contribution < 1.29 is 24.3 Å². The van der Waals surface area contributed by atoms with E-state index in [9.17, 15) is 9.59 Å². The number of nitrogens with one attached hydrogen (secondary N) is 2. The number of carboxylic acids is 1. The molecule has 110 valence electrons. The Hall–Kier alpha value is -2.28. The van der Waals surface area contributed by atoms with Crippen LogP contribution >= 0.6 is 0 Å². The smallest absolute Gasteiger partial charge is 0.343 e. The molecule has 20 heavy (non-hydrogen) atoms. The van der Waals surface area contributed by atoms with Crippen LogP contribution in [0.4, 0.5) is 10.5 Å². The number of aliphatic carboxylic acids is 1. The molecular formula is C13H18N2O5. The van der Waals surface area contributed by atoms with E-state index in [-0.39, 0.29) is 6.10 Å². The number of amides is 2. The van der Waals surface area contributed by atoms with Gasteiger partial charge in [0.2, 0.25) is 0 Å². The molecule has 0 heterocycles. The second kappa shape index (κ2) is 8.00. The number of ether oxygens (including phenoxy) is 1. The highest BCUT2D eigenvalue weighted by atomic mass is 16.7. The zero-order valence-corrected chi connectivity index (χ0v) is 11.4. The number of hydrogen-bond donors (Lipinski definition) is 3. The third-order valence-corrected chi connectivity index (χ3v) is 2.36. The van der Waals surface area contributed by atoms with Crippen molar-refractivity contribution in [1.82, 2.24) is 5.48 Å². The zero-order valence-electron chi connectivity index (χ0n) is 11.4. The summed E-state index contributed by atoms with van der Waals surface area (Å²) in [4.78, 5) is 26.1. The molecule has 1 atom stereocenters. The molecule has 0 saturated carbocycles. The minimum atomic E-state index is -1.17. The summed E-state index contributed by atoms with van der Waals surface area (Å²) in [5.41, 5.74) is 2.48. The first-order chi connectivity index (χ1) is 9.51. The number of urea groups is 1. The molecule has 1 rings (SSSR count). The van der Waals surface area contributed by atoms with Crippen LogP contribution in [0.25, 0.3) is 0 Å². The van der Waals surface area contributed by atoms with E-state index in [0.717, 1.165) is 6.42 Å². The third-order valence-electron chi connectivity index (χ3n) is 2.36. The predicted molar refractivity (Wildman–Crippen MR) is 72.6 cm³/mol. The van der Waals surface area contributed by atoms with Crippen LogP contribution in [-0.2, 0) is 9.63 Å². The lowest BCUT2D eigenvalue weighted by Crippen LogP contribution is -2.30. The van der Waals surface area contributed by atoms with Crippen LogP contribution in [0.3, 0.4) is 0 Å². The minimum Gasteiger partial charge on any atom is -0.491 e. The zero-order chi connectivity index (χ0) is 15.0. The van der Waals surface area contributed by atoms with Crippen molar-refractivity contribution >= 4 is 17.7 Å². The van der Waals surface area contributed by atoms with Crippen LogP contribution in [0.5, 0.6) is 5.75 Å². The van der Waals surface area contributed by atoms with Crippen molar-refractivity contribution in [3.63, 3.8) is 0 Å². The maximum absolute atomic E-state index is 11.4. The summed E-state index contributed by atoms with van der Waals surface area (Å²) in [6, 6.07) is 6.22. The van der Waals surface area contributed by atoms with Gasteiger partial charge in [0.05, 0.1) is 6.10 Å². The van der Waals surface area contributed by atoms with Crippen LogP contribution in [-0.4, -0.2) is 29.8 Å². The average Bonchev–Trinajstić information content (AvgIpc) is 2.38. The van der Waals surface area contributed by atoms with Gasteiger partial charge >= 0.3 is 12.0 Å². The van der Waals surface area contributed by atoms with Gasteiger partial charge in [0.1, 0.15) is 5.75 Å². The number of rotatable bonds is 7. The first-order valence-electron chi connectivity index (χ1n) is 6.18. The fraction of sp³-hybridized carbons (Fsp3) is 0.385. The molecule has 1 aromatic rings. The summed E-state index contributed by atoms with van der Waals surface area (Å²) in [6.45, 7) is 3.36. The van der Waals surface area contributed by atoms with Crippen molar-refractivity contribution in [2.75, 3.05) is 11.9 Å². The fourth-order valence-electron chi connectivity index (χ4n) is 1.28. The van der Waals surface area contributed by atoms with Gasteiger partial charge in [0, 0.05) is 11.8 Å². The largest absolute Gasteiger partial charge is 0.491 e. The Balaban J connectivity index is 2.48. The highest BCUT2D eigenvalue weighted by molar-refractivity contribution is 5.88. The van der Waals surface area contributed by atoms with Crippen molar-refractivity contribution in [3.8, 4) is 5.75 Å². The maximum Gasteiger partial charge on any atom is 0.343 e. The van der Waals surface area contributed by atoms with Crippen LogP contribution in [0, 0.1) is 0 Å². The Morgan fingerprint density at radius 3 is 2.80 bits per heavy atom. The van der Waals surface area contributed by atoms with Gasteiger partial charge in [0.15, 0.2) is 6.61 Å². The summed E-state index contributed by atoms with van der Waals surface area (Å²) < 4.78 is 5.62. The number of carboxylic acid groups (broad SMARTS) is 1. The molecule has 0 aliphatic heterocycles. The minimum absolute atomic E-state index is 0.0815. The summed E-state index contributed by atoms with van der Waals surface area (Å²) in [5, 5.41) is 10.8. The van der Waals surface area contributed by atoms with Gasteiger partial charge in [-0.05, 0) is 25.5 Å². The number of benzene rings is 1. The number of carbonyl (C=O) groups excluding carboxylic acids is 1. The fourth-order valence-corrected chi connectivity index (χ4v) is 1.28. The van der Waals surface area contributed by atoms with Crippen molar-refractivity contribution in [3.05, 3.63) is 24.3 Å². The lowest BCUT2D eigenvalue weighted by molar-refractivity contribution is -0.143. The quantitative estimate of drug-likeness (QED) is 0.665. The molecule has 0 fully saturated rings. The van der Waals surface area contributed by atoms with Crippen molar-refractivity contribution in [2.24, 2.45) is 0 Å². The molecule has 0 radical (unpaired) electrons. The molecule has 0 bridgehead atoms. The SMILES string of the molecule is CCC(C)Oc1cccc(NC(=O)NOCC(=O)O)c1. The Labute approximate surface area is 116 Å². The van der Waals surface area contributed by atoms with E-state index in [1.807, 2.05) is 19.3 Å². The molecule has 1 unspecified atom stereocenters. The van der Waals surface area contributed by atoms with Crippen LogP contribution < -0.4 is 15.5 Å². The first-order valence-corrected chi connectivity index (χ1v) is 6.18. The van der Waals surface area contributed by atoms with Gasteiger partial charge in [-0.3, -0.25) is 4.84 Å². The second-order valence-electron chi connectivity index (χ2n) is 4.10. The van der Waals surface area contributed by atoms with E-state index >= 15 is 0 Å². The molecule has 0 aromatic heterocycles. The van der Waals surface area contributed by atoms with Crippen LogP contribution in [0.1, 0.15) is 20.3 Å². The Morgan fingerprint density at radius 2 is 2.15 bits per heavy atom. The Bertz CT molecular complexity index is 464. The van der Waals surface area contributed by atoms with Crippen LogP contribution in [0.2, 0.25) is 0 Å². The van der Waals surface area contributed by atoms with Gasteiger partial charge in [0.25, 0.3) is 0 Å². The maximum atomic E-state index is 11.4. The number of carbonyl (C=O) groups is 2. The van der Waals surface area contributed by atoms with Gasteiger partial charge in [-0.1, -0.05) is 13.0 Å². The normalized spacial score (nSPS) is 11.5. The van der Waals surface area contributed by atoms with E-state index in [2.05, 4.69) is 10.2 Å². The van der Waals surface area contributed by atoms with Crippen LogP contribution in [0.15, 0.2) is 24.3 Å². The lowest BCUT2D eigenvalue weighted by Gasteiger charge is -2.13.